The number of hydrogen-bond acceptors (Lipinski definition) is 4. The first kappa shape index (κ1) is 16.4. The van der Waals surface area contributed by atoms with Gasteiger partial charge in [-0.3, -0.25) is 9.59 Å². The van der Waals surface area contributed by atoms with Crippen LogP contribution in [0.4, 0.5) is 4.39 Å². The number of benzene rings is 1. The molecule has 1 aromatic rings. The van der Waals surface area contributed by atoms with Crippen molar-refractivity contribution >= 4 is 21.7 Å². The van der Waals surface area contributed by atoms with Gasteiger partial charge in [0.25, 0.3) is 5.91 Å². The van der Waals surface area contributed by atoms with Crippen molar-refractivity contribution in [2.45, 2.75) is 24.3 Å². The van der Waals surface area contributed by atoms with Crippen LogP contribution in [0.15, 0.2) is 29.2 Å². The molecule has 0 spiro atoms. The summed E-state index contributed by atoms with van der Waals surface area (Å²) >= 11 is 0. The van der Waals surface area contributed by atoms with E-state index in [4.69, 9.17) is 0 Å². The summed E-state index contributed by atoms with van der Waals surface area (Å²) in [7, 11) is -4.04. The van der Waals surface area contributed by atoms with E-state index >= 15 is 0 Å². The summed E-state index contributed by atoms with van der Waals surface area (Å²) in [6.45, 7) is 3.87. The topological polar surface area (TPSA) is 83.6 Å². The Kier molecular flexibility index (Phi) is 4.23. The minimum absolute atomic E-state index is 0.109. The predicted octanol–water partition coefficient (Wildman–Crippen LogP) is 0.738. The molecule has 8 heteroatoms. The number of halogens is 1. The van der Waals surface area contributed by atoms with Crippen molar-refractivity contribution < 1.29 is 22.4 Å². The quantitative estimate of drug-likeness (QED) is 0.887. The molecule has 2 rings (SSSR count). The van der Waals surface area contributed by atoms with Gasteiger partial charge in [0.2, 0.25) is 15.7 Å². The van der Waals surface area contributed by atoms with Crippen LogP contribution in [0.5, 0.6) is 0 Å². The summed E-state index contributed by atoms with van der Waals surface area (Å²) in [5.41, 5.74) is -0.929. The Morgan fingerprint density at radius 3 is 2.73 bits per heavy atom. The van der Waals surface area contributed by atoms with Crippen LogP contribution in [-0.2, 0) is 14.6 Å². The first-order valence-electron chi connectivity index (χ1n) is 6.69. The molecular formula is C14H17FN2O4S. The third kappa shape index (κ3) is 2.83. The van der Waals surface area contributed by atoms with Crippen LogP contribution in [0.3, 0.4) is 0 Å². The molecule has 0 radical (unpaired) electrons. The van der Waals surface area contributed by atoms with Crippen LogP contribution in [0.1, 0.15) is 24.2 Å². The number of nitrogens with one attached hydrogen (secondary N) is 1. The zero-order chi connectivity index (χ0) is 16.5. The molecule has 1 aromatic carbocycles. The number of sulfone groups is 1. The van der Waals surface area contributed by atoms with Gasteiger partial charge in [0.15, 0.2) is 6.01 Å². The Morgan fingerprint density at radius 2 is 2.09 bits per heavy atom. The SMILES string of the molecule is CC1(C)C(=O)NCCN1C(=O)c1cccc(S(=O)(=O)CF)c1. The van der Waals surface area contributed by atoms with Crippen LogP contribution in [-0.4, -0.2) is 49.8 Å². The van der Waals surface area contributed by atoms with Crippen LogP contribution in [0.2, 0.25) is 0 Å². The van der Waals surface area contributed by atoms with Gasteiger partial charge in [-0.05, 0) is 32.0 Å². The predicted molar refractivity (Wildman–Crippen MR) is 77.7 cm³/mol. The Hall–Kier alpha value is -1.96. The second kappa shape index (κ2) is 5.68. The molecule has 1 aliphatic rings. The van der Waals surface area contributed by atoms with Crippen molar-refractivity contribution in [1.29, 1.82) is 0 Å². The van der Waals surface area contributed by atoms with Crippen LogP contribution < -0.4 is 5.32 Å². The first-order valence-corrected chi connectivity index (χ1v) is 8.34. The van der Waals surface area contributed by atoms with Crippen molar-refractivity contribution in [3.63, 3.8) is 0 Å². The lowest BCUT2D eigenvalue weighted by Crippen LogP contribution is -2.63. The van der Waals surface area contributed by atoms with Gasteiger partial charge in [-0.15, -0.1) is 0 Å². The maximum atomic E-state index is 12.6. The molecule has 1 heterocycles. The molecule has 1 fully saturated rings. The summed E-state index contributed by atoms with van der Waals surface area (Å²) < 4.78 is 35.7. The highest BCUT2D eigenvalue weighted by molar-refractivity contribution is 7.91. The number of amides is 2. The lowest BCUT2D eigenvalue weighted by atomic mass is 9.97. The molecule has 0 bridgehead atoms. The molecule has 0 unspecified atom stereocenters. The molecule has 1 N–H and O–H groups in total. The second-order valence-electron chi connectivity index (χ2n) is 5.52. The fourth-order valence-corrected chi connectivity index (χ4v) is 3.01. The van der Waals surface area contributed by atoms with Crippen molar-refractivity contribution in [1.82, 2.24) is 10.2 Å². The maximum absolute atomic E-state index is 12.6. The molecule has 0 atom stereocenters. The Bertz CT molecular complexity index is 715. The van der Waals surface area contributed by atoms with Crippen molar-refractivity contribution in [2.24, 2.45) is 0 Å². The molecule has 6 nitrogen and oxygen atoms in total. The van der Waals surface area contributed by atoms with Gasteiger partial charge in [-0.2, -0.15) is 0 Å². The van der Waals surface area contributed by atoms with Gasteiger partial charge in [-0.25, -0.2) is 12.8 Å². The average molecular weight is 328 g/mol. The standard InChI is InChI=1S/C14H17FN2O4S/c1-14(2)13(19)16-6-7-17(14)12(18)10-4-3-5-11(8-10)22(20,21)9-15/h3-5,8H,6-7,9H2,1-2H3,(H,16,19). The summed E-state index contributed by atoms with van der Waals surface area (Å²) in [6, 6.07) is 3.68. The van der Waals surface area contributed by atoms with E-state index < -0.39 is 27.3 Å². The minimum atomic E-state index is -4.04. The molecule has 0 aromatic heterocycles. The molecular weight excluding hydrogens is 311 g/mol. The first-order chi connectivity index (χ1) is 10.2. The number of carbonyl (C=O) groups excluding carboxylic acids is 2. The number of alkyl halides is 1. The third-order valence-electron chi connectivity index (χ3n) is 3.68. The van der Waals surface area contributed by atoms with E-state index in [0.717, 1.165) is 6.07 Å². The van der Waals surface area contributed by atoms with Crippen molar-refractivity contribution in [3.05, 3.63) is 29.8 Å². The minimum Gasteiger partial charge on any atom is -0.352 e. The number of piperazine rings is 1. The van der Waals surface area contributed by atoms with Gasteiger partial charge in [0.05, 0.1) is 4.90 Å². The molecule has 2 amide bonds. The molecule has 1 aliphatic heterocycles. The number of carbonyl (C=O) groups is 2. The zero-order valence-electron chi connectivity index (χ0n) is 12.3. The molecule has 120 valence electrons. The van der Waals surface area contributed by atoms with Gasteiger partial charge in [0.1, 0.15) is 5.54 Å². The fourth-order valence-electron chi connectivity index (χ4n) is 2.30. The van der Waals surface area contributed by atoms with E-state index in [9.17, 15) is 22.4 Å². The van der Waals surface area contributed by atoms with Crippen LogP contribution in [0.25, 0.3) is 0 Å². The highest BCUT2D eigenvalue weighted by Crippen LogP contribution is 2.22. The molecule has 0 saturated carbocycles. The highest BCUT2D eigenvalue weighted by Gasteiger charge is 2.40. The van der Waals surface area contributed by atoms with Gasteiger partial charge in [-0.1, -0.05) is 6.07 Å². The van der Waals surface area contributed by atoms with Crippen molar-refractivity contribution in [3.8, 4) is 0 Å². The summed E-state index contributed by atoms with van der Waals surface area (Å²) in [6.07, 6.45) is 0. The molecule has 22 heavy (non-hydrogen) atoms. The van der Waals surface area contributed by atoms with Crippen molar-refractivity contribution in [2.75, 3.05) is 19.1 Å². The number of rotatable bonds is 3. The molecule has 0 aliphatic carbocycles. The second-order valence-corrected chi connectivity index (χ2v) is 7.44. The normalized spacial score (nSPS) is 18.0. The third-order valence-corrected chi connectivity index (χ3v) is 4.94. The van der Waals surface area contributed by atoms with Gasteiger partial charge < -0.3 is 10.2 Å². The van der Waals surface area contributed by atoms with E-state index in [-0.39, 0.29) is 16.4 Å². The van der Waals surface area contributed by atoms with Crippen LogP contribution >= 0.6 is 0 Å². The highest BCUT2D eigenvalue weighted by atomic mass is 32.2. The number of nitrogens with zero attached hydrogens (tertiary/aromatic N) is 1. The van der Waals surface area contributed by atoms with Gasteiger partial charge in [0, 0.05) is 18.7 Å². The Labute approximate surface area is 128 Å². The summed E-state index contributed by atoms with van der Waals surface area (Å²) in [4.78, 5) is 25.6. The van der Waals surface area contributed by atoms with E-state index in [0.29, 0.717) is 13.1 Å². The zero-order valence-corrected chi connectivity index (χ0v) is 13.1. The number of hydrogen-bond donors (Lipinski definition) is 1. The largest absolute Gasteiger partial charge is 0.352 e. The fraction of sp³-hybridized carbons (Fsp3) is 0.429. The lowest BCUT2D eigenvalue weighted by molar-refractivity contribution is -0.133. The average Bonchev–Trinajstić information content (AvgIpc) is 2.49. The molecule has 1 saturated heterocycles. The summed E-state index contributed by atoms with van der Waals surface area (Å²) in [5.74, 6) is -0.740. The van der Waals surface area contributed by atoms with E-state index in [1.165, 1.54) is 23.1 Å². The smallest absolute Gasteiger partial charge is 0.254 e. The lowest BCUT2D eigenvalue weighted by Gasteiger charge is -2.41. The monoisotopic (exact) mass is 328 g/mol. The van der Waals surface area contributed by atoms with E-state index in [1.807, 2.05) is 0 Å². The van der Waals surface area contributed by atoms with Gasteiger partial charge >= 0.3 is 0 Å². The summed E-state index contributed by atoms with van der Waals surface area (Å²) in [5, 5.41) is 2.68. The van der Waals surface area contributed by atoms with E-state index in [2.05, 4.69) is 5.32 Å². The maximum Gasteiger partial charge on any atom is 0.254 e. The van der Waals surface area contributed by atoms with Crippen LogP contribution in [0, 0.1) is 0 Å². The Balaban J connectivity index is 2.38. The van der Waals surface area contributed by atoms with E-state index in [1.54, 1.807) is 13.8 Å². The Morgan fingerprint density at radius 1 is 1.41 bits per heavy atom.